The third-order valence-electron chi connectivity index (χ3n) is 4.84. The van der Waals surface area contributed by atoms with Gasteiger partial charge >= 0.3 is 5.97 Å². The second-order valence-electron chi connectivity index (χ2n) is 7.28. The van der Waals surface area contributed by atoms with Gasteiger partial charge in [-0.15, -0.1) is 11.3 Å². The summed E-state index contributed by atoms with van der Waals surface area (Å²) in [6.07, 6.45) is 0. The average molecular weight is 445 g/mol. The second-order valence-corrected chi connectivity index (χ2v) is 8.22. The molecule has 1 unspecified atom stereocenters. The number of benzene rings is 1. The minimum atomic E-state index is -0.831. The lowest BCUT2D eigenvalue weighted by atomic mass is 9.95. The Bertz CT molecular complexity index is 1030. The Kier molecular flexibility index (Phi) is 6.77. The summed E-state index contributed by atoms with van der Waals surface area (Å²) in [6, 6.07) is 7.40. The number of carbonyl (C=O) groups excluding carboxylic acids is 3. The topological polar surface area (TPSA) is 96.4 Å². The number of ketones is 1. The molecule has 0 bridgehead atoms. The summed E-state index contributed by atoms with van der Waals surface area (Å²) in [5, 5.41) is 12.4. The number of aliphatic hydroxyl groups excluding tert-OH is 1. The number of thiophene rings is 1. The molecule has 2 heterocycles. The molecule has 0 saturated heterocycles. The third-order valence-corrected chi connectivity index (χ3v) is 5.71. The minimum absolute atomic E-state index is 0.00477. The molecule has 0 aliphatic carbocycles. The van der Waals surface area contributed by atoms with E-state index in [4.69, 9.17) is 9.47 Å². The SMILES string of the molecule is COc1ccc(C2C(C(=O)c3cccs3)=C(O)C(=O)N2CCN(C)C)cc1OC(C)=O. The van der Waals surface area contributed by atoms with Crippen molar-refractivity contribution in [3.05, 3.63) is 57.5 Å². The first-order valence-electron chi connectivity index (χ1n) is 9.58. The van der Waals surface area contributed by atoms with Gasteiger partial charge in [0, 0.05) is 20.0 Å². The van der Waals surface area contributed by atoms with E-state index < -0.39 is 29.5 Å². The summed E-state index contributed by atoms with van der Waals surface area (Å²) in [4.78, 5) is 41.4. The zero-order valence-electron chi connectivity index (χ0n) is 17.7. The van der Waals surface area contributed by atoms with Gasteiger partial charge in [-0.2, -0.15) is 0 Å². The van der Waals surface area contributed by atoms with E-state index in [0.29, 0.717) is 22.7 Å². The molecule has 0 radical (unpaired) electrons. The molecule has 164 valence electrons. The van der Waals surface area contributed by atoms with Crippen LogP contribution < -0.4 is 9.47 Å². The van der Waals surface area contributed by atoms with E-state index in [0.717, 1.165) is 0 Å². The van der Waals surface area contributed by atoms with E-state index >= 15 is 0 Å². The van der Waals surface area contributed by atoms with Crippen LogP contribution in [0.25, 0.3) is 0 Å². The molecule has 2 aromatic rings. The number of carbonyl (C=O) groups is 3. The zero-order valence-corrected chi connectivity index (χ0v) is 18.6. The van der Waals surface area contributed by atoms with Crippen molar-refractivity contribution < 1.29 is 29.0 Å². The third kappa shape index (κ3) is 4.62. The highest BCUT2D eigenvalue weighted by Gasteiger charge is 2.44. The van der Waals surface area contributed by atoms with Crippen molar-refractivity contribution in [3.8, 4) is 11.5 Å². The number of likely N-dealkylation sites (N-methyl/N-ethyl adjacent to an activating group) is 1. The van der Waals surface area contributed by atoms with E-state index in [-0.39, 0.29) is 17.9 Å². The summed E-state index contributed by atoms with van der Waals surface area (Å²) in [5.74, 6) is -1.62. The molecule has 1 aromatic carbocycles. The maximum atomic E-state index is 13.2. The fraction of sp³-hybridized carbons (Fsp3) is 0.318. The molecular formula is C22H24N2O6S. The van der Waals surface area contributed by atoms with Crippen LogP contribution in [0.15, 0.2) is 47.0 Å². The number of hydrogen-bond donors (Lipinski definition) is 1. The highest BCUT2D eigenvalue weighted by Crippen LogP contribution is 2.42. The van der Waals surface area contributed by atoms with Crippen LogP contribution in [0.5, 0.6) is 11.5 Å². The Hall–Kier alpha value is -3.17. The summed E-state index contributed by atoms with van der Waals surface area (Å²) >= 11 is 1.23. The maximum absolute atomic E-state index is 13.2. The van der Waals surface area contributed by atoms with Crippen LogP contribution in [0, 0.1) is 0 Å². The molecule has 31 heavy (non-hydrogen) atoms. The summed E-state index contributed by atoms with van der Waals surface area (Å²) in [6.45, 7) is 2.09. The molecule has 0 saturated carbocycles. The molecule has 3 rings (SSSR count). The number of hydrogen-bond acceptors (Lipinski definition) is 8. The molecule has 8 nitrogen and oxygen atoms in total. The molecule has 0 fully saturated rings. The number of ether oxygens (including phenoxy) is 2. The Morgan fingerprint density at radius 3 is 2.55 bits per heavy atom. The lowest BCUT2D eigenvalue weighted by molar-refractivity contribution is -0.132. The molecule has 1 N–H and O–H groups in total. The molecule has 1 aliphatic heterocycles. The zero-order chi connectivity index (χ0) is 22.7. The molecule has 1 atom stereocenters. The van der Waals surface area contributed by atoms with Crippen molar-refractivity contribution in [1.29, 1.82) is 0 Å². The number of aliphatic hydroxyl groups is 1. The van der Waals surface area contributed by atoms with Crippen LogP contribution in [0.3, 0.4) is 0 Å². The van der Waals surface area contributed by atoms with Gasteiger partial charge in [0.1, 0.15) is 0 Å². The molecular weight excluding hydrogens is 420 g/mol. The quantitative estimate of drug-likeness (QED) is 0.380. The van der Waals surface area contributed by atoms with Crippen molar-refractivity contribution in [2.45, 2.75) is 13.0 Å². The second kappa shape index (κ2) is 9.32. The Labute approximate surface area is 184 Å². The van der Waals surface area contributed by atoms with E-state index in [9.17, 15) is 19.5 Å². The van der Waals surface area contributed by atoms with Gasteiger partial charge < -0.3 is 24.4 Å². The van der Waals surface area contributed by atoms with Crippen molar-refractivity contribution in [2.75, 3.05) is 34.3 Å². The van der Waals surface area contributed by atoms with E-state index in [2.05, 4.69) is 0 Å². The standard InChI is InChI=1S/C22H24N2O6S/c1-13(25)30-16-12-14(7-8-15(16)29-4)19-18(20(26)17-6-5-11-31-17)21(27)22(28)24(19)10-9-23(2)3/h5-8,11-12,19,27H,9-10H2,1-4H3. The van der Waals surface area contributed by atoms with E-state index in [1.807, 2.05) is 19.0 Å². The Balaban J connectivity index is 2.11. The van der Waals surface area contributed by atoms with E-state index in [1.54, 1.807) is 35.7 Å². The first-order valence-corrected chi connectivity index (χ1v) is 10.5. The molecule has 1 aliphatic rings. The number of amides is 1. The van der Waals surface area contributed by atoms with Crippen molar-refractivity contribution in [2.24, 2.45) is 0 Å². The lowest BCUT2D eigenvalue weighted by Crippen LogP contribution is -2.36. The highest BCUT2D eigenvalue weighted by atomic mass is 32.1. The van der Waals surface area contributed by atoms with Gasteiger partial charge in [0.15, 0.2) is 17.3 Å². The summed E-state index contributed by atoms with van der Waals surface area (Å²) in [5.41, 5.74) is 0.526. The van der Waals surface area contributed by atoms with Gasteiger partial charge in [-0.25, -0.2) is 0 Å². The minimum Gasteiger partial charge on any atom is -0.503 e. The summed E-state index contributed by atoms with van der Waals surface area (Å²) in [7, 11) is 5.18. The van der Waals surface area contributed by atoms with Crippen LogP contribution in [0.1, 0.15) is 28.2 Å². The van der Waals surface area contributed by atoms with Crippen molar-refractivity contribution >= 4 is 29.0 Å². The fourth-order valence-corrected chi connectivity index (χ4v) is 4.09. The van der Waals surface area contributed by atoms with Crippen LogP contribution in [-0.2, 0) is 9.59 Å². The predicted octanol–water partition coefficient (Wildman–Crippen LogP) is 2.82. The van der Waals surface area contributed by atoms with Gasteiger partial charge in [-0.05, 0) is 43.2 Å². The largest absolute Gasteiger partial charge is 0.503 e. The normalized spacial score (nSPS) is 16.2. The molecule has 9 heteroatoms. The maximum Gasteiger partial charge on any atom is 0.308 e. The number of esters is 1. The van der Waals surface area contributed by atoms with Crippen LogP contribution in [0.4, 0.5) is 0 Å². The lowest BCUT2D eigenvalue weighted by Gasteiger charge is -2.28. The Morgan fingerprint density at radius 2 is 1.97 bits per heavy atom. The Morgan fingerprint density at radius 1 is 1.23 bits per heavy atom. The first kappa shape index (κ1) is 22.5. The summed E-state index contributed by atoms with van der Waals surface area (Å²) < 4.78 is 10.5. The number of rotatable bonds is 8. The van der Waals surface area contributed by atoms with Crippen LogP contribution in [-0.4, -0.2) is 66.9 Å². The van der Waals surface area contributed by atoms with Gasteiger partial charge in [0.2, 0.25) is 5.78 Å². The van der Waals surface area contributed by atoms with Gasteiger partial charge in [0.25, 0.3) is 5.91 Å². The fourth-order valence-electron chi connectivity index (χ4n) is 3.41. The molecule has 0 spiro atoms. The highest BCUT2D eigenvalue weighted by molar-refractivity contribution is 7.12. The predicted molar refractivity (Wildman–Crippen MR) is 116 cm³/mol. The van der Waals surface area contributed by atoms with Gasteiger partial charge in [-0.3, -0.25) is 14.4 Å². The number of nitrogens with zero attached hydrogens (tertiary/aromatic N) is 2. The number of methoxy groups -OCH3 is 1. The monoisotopic (exact) mass is 444 g/mol. The van der Waals surface area contributed by atoms with Crippen molar-refractivity contribution in [3.63, 3.8) is 0 Å². The van der Waals surface area contributed by atoms with Crippen LogP contribution in [0.2, 0.25) is 0 Å². The average Bonchev–Trinajstić information content (AvgIpc) is 3.33. The van der Waals surface area contributed by atoms with Crippen LogP contribution >= 0.6 is 11.3 Å². The number of Topliss-reactive ketones (excluding diaryl/α,β-unsaturated/α-hetero) is 1. The molecule has 1 amide bonds. The smallest absolute Gasteiger partial charge is 0.308 e. The first-order chi connectivity index (χ1) is 14.7. The van der Waals surface area contributed by atoms with E-state index in [1.165, 1.54) is 30.3 Å². The van der Waals surface area contributed by atoms with Gasteiger partial charge in [-0.1, -0.05) is 12.1 Å². The molecule has 1 aromatic heterocycles. The van der Waals surface area contributed by atoms with Crippen molar-refractivity contribution in [1.82, 2.24) is 9.80 Å². The van der Waals surface area contributed by atoms with Gasteiger partial charge in [0.05, 0.1) is 23.6 Å².